The minimum atomic E-state index is -4.17. The molecule has 0 bridgehead atoms. The van der Waals surface area contributed by atoms with E-state index in [-0.39, 0.29) is 17.9 Å². The van der Waals surface area contributed by atoms with Crippen LogP contribution < -0.4 is 15.2 Å². The maximum atomic E-state index is 12.5. The van der Waals surface area contributed by atoms with Crippen LogP contribution in [0, 0.1) is 0 Å². The number of fused-ring (bicyclic) bond motifs is 2. The topological polar surface area (TPSA) is 173 Å². The Morgan fingerprint density at radius 2 is 1.88 bits per heavy atom. The molecule has 1 amide bonds. The normalized spacial score (nSPS) is 25.9. The summed E-state index contributed by atoms with van der Waals surface area (Å²) in [5.74, 6) is -1.44. The molecule has 14 heteroatoms. The Morgan fingerprint density at radius 1 is 1.15 bits per heavy atom. The van der Waals surface area contributed by atoms with Crippen molar-refractivity contribution in [1.29, 1.82) is 0 Å². The highest BCUT2D eigenvalue weighted by Crippen LogP contribution is 2.43. The number of carbonyl (C=O) groups is 1. The number of carbonyl (C=O) groups excluding carboxylic acids is 1. The van der Waals surface area contributed by atoms with Crippen molar-refractivity contribution in [2.75, 3.05) is 12.3 Å². The van der Waals surface area contributed by atoms with Gasteiger partial charge in [-0.3, -0.25) is 9.36 Å². The molecular formula is C20H23N7O6S. The fraction of sp³-hybridized carbons (Fsp3) is 0.400. The van der Waals surface area contributed by atoms with Gasteiger partial charge in [-0.1, -0.05) is 18.2 Å². The lowest BCUT2D eigenvalue weighted by Gasteiger charge is -2.24. The minimum Gasteiger partial charge on any atom is -0.382 e. The second kappa shape index (κ2) is 8.25. The van der Waals surface area contributed by atoms with Crippen LogP contribution in [0.2, 0.25) is 0 Å². The van der Waals surface area contributed by atoms with E-state index in [9.17, 15) is 13.2 Å². The van der Waals surface area contributed by atoms with Gasteiger partial charge in [0.25, 0.3) is 5.91 Å². The number of imidazole rings is 1. The summed E-state index contributed by atoms with van der Waals surface area (Å²) in [5, 5.41) is 0. The smallest absolute Gasteiger partial charge is 0.301 e. The highest BCUT2D eigenvalue weighted by Gasteiger charge is 2.56. The zero-order chi connectivity index (χ0) is 24.1. The number of ether oxygens (including phenoxy) is 3. The van der Waals surface area contributed by atoms with Crippen LogP contribution in [0.4, 0.5) is 5.82 Å². The molecule has 2 saturated heterocycles. The van der Waals surface area contributed by atoms with Crippen molar-refractivity contribution in [2.24, 2.45) is 0 Å². The second-order valence-corrected chi connectivity index (χ2v) is 9.86. The third kappa shape index (κ3) is 4.21. The standard InChI is InChI=1S/C20H23N7O6S/c1-20(2)32-14-12(8-25-34(29,30)26-18(28)11-6-4-3-5-7-11)31-19(15(14)33-20)27-10-24-13-16(21)22-9-23-17(13)27/h3-7,9-10,12,14-15,19,25H,8H2,1-2H3,(H,26,28)(H2,21,22,23)/t12-,14-,15-,19-/m1/s1. The number of nitrogens with two attached hydrogens (primary N) is 1. The van der Waals surface area contributed by atoms with Crippen LogP contribution in [0.5, 0.6) is 0 Å². The zero-order valence-corrected chi connectivity index (χ0v) is 19.1. The van der Waals surface area contributed by atoms with Crippen LogP contribution in [-0.2, 0) is 24.4 Å². The third-order valence-corrected chi connectivity index (χ3v) is 6.52. The molecule has 4 N–H and O–H groups in total. The van der Waals surface area contributed by atoms with Crippen LogP contribution in [0.25, 0.3) is 11.2 Å². The highest BCUT2D eigenvalue weighted by atomic mass is 32.2. The van der Waals surface area contributed by atoms with Crippen LogP contribution in [-0.4, -0.2) is 64.5 Å². The molecular weight excluding hydrogens is 466 g/mol. The minimum absolute atomic E-state index is 0.168. The van der Waals surface area contributed by atoms with E-state index in [4.69, 9.17) is 19.9 Å². The monoisotopic (exact) mass is 489 g/mol. The second-order valence-electron chi connectivity index (χ2n) is 8.36. The number of nitrogen functional groups attached to an aromatic ring is 1. The summed E-state index contributed by atoms with van der Waals surface area (Å²) in [4.78, 5) is 24.7. The Hall–Kier alpha value is -3.17. The number of aromatic nitrogens is 4. The number of hydrogen-bond acceptors (Lipinski definition) is 10. The first-order chi connectivity index (χ1) is 16.1. The molecule has 2 fully saturated rings. The fourth-order valence-electron chi connectivity index (χ4n) is 4.10. The van der Waals surface area contributed by atoms with E-state index in [0.717, 1.165) is 0 Å². The molecule has 2 aliphatic heterocycles. The SMILES string of the molecule is CC1(C)O[C@@H]2[C@H](O1)[C@@H](CNS(=O)(=O)NC(=O)c1ccccc1)O[C@H]2n1cnc2c(N)ncnc21. The Labute approximate surface area is 194 Å². The average Bonchev–Trinajstić information content (AvgIpc) is 3.44. The Balaban J connectivity index is 1.34. The van der Waals surface area contributed by atoms with Gasteiger partial charge < -0.3 is 19.9 Å². The van der Waals surface area contributed by atoms with Gasteiger partial charge in [-0.05, 0) is 26.0 Å². The van der Waals surface area contributed by atoms with Crippen molar-refractivity contribution < 1.29 is 27.4 Å². The van der Waals surface area contributed by atoms with E-state index >= 15 is 0 Å². The van der Waals surface area contributed by atoms with E-state index in [1.165, 1.54) is 24.8 Å². The van der Waals surface area contributed by atoms with Crippen molar-refractivity contribution in [3.63, 3.8) is 0 Å². The molecule has 3 aromatic rings. The molecule has 1 aromatic carbocycles. The van der Waals surface area contributed by atoms with E-state index in [0.29, 0.717) is 11.2 Å². The first kappa shape index (κ1) is 22.6. The molecule has 13 nitrogen and oxygen atoms in total. The molecule has 0 unspecified atom stereocenters. The predicted molar refractivity (Wildman–Crippen MR) is 118 cm³/mol. The van der Waals surface area contributed by atoms with Crippen molar-refractivity contribution in [1.82, 2.24) is 29.0 Å². The first-order valence-corrected chi connectivity index (χ1v) is 11.9. The molecule has 0 saturated carbocycles. The van der Waals surface area contributed by atoms with Gasteiger partial charge in [-0.15, -0.1) is 0 Å². The number of hydrogen-bond donors (Lipinski definition) is 3. The number of amides is 1. The summed E-state index contributed by atoms with van der Waals surface area (Å²) >= 11 is 0. The van der Waals surface area contributed by atoms with Gasteiger partial charge in [0.05, 0.1) is 6.33 Å². The lowest BCUT2D eigenvalue weighted by molar-refractivity contribution is -0.195. The lowest BCUT2D eigenvalue weighted by Crippen LogP contribution is -2.45. The number of anilines is 1. The van der Waals surface area contributed by atoms with Gasteiger partial charge >= 0.3 is 10.2 Å². The van der Waals surface area contributed by atoms with Crippen LogP contribution in [0.3, 0.4) is 0 Å². The summed E-state index contributed by atoms with van der Waals surface area (Å²) < 4.78 is 49.2. The molecule has 34 heavy (non-hydrogen) atoms. The van der Waals surface area contributed by atoms with Crippen LogP contribution in [0.15, 0.2) is 43.0 Å². The molecule has 0 spiro atoms. The summed E-state index contributed by atoms with van der Waals surface area (Å²) in [7, 11) is -4.17. The maximum absolute atomic E-state index is 12.5. The van der Waals surface area contributed by atoms with Gasteiger partial charge in [0, 0.05) is 12.1 Å². The maximum Gasteiger partial charge on any atom is 0.301 e. The summed E-state index contributed by atoms with van der Waals surface area (Å²) in [6.07, 6.45) is 0.232. The summed E-state index contributed by atoms with van der Waals surface area (Å²) in [5.41, 5.74) is 6.96. The van der Waals surface area contributed by atoms with E-state index < -0.39 is 46.4 Å². The van der Waals surface area contributed by atoms with Gasteiger partial charge in [-0.2, -0.15) is 13.1 Å². The van der Waals surface area contributed by atoms with Gasteiger partial charge in [-0.25, -0.2) is 19.7 Å². The highest BCUT2D eigenvalue weighted by molar-refractivity contribution is 7.88. The lowest BCUT2D eigenvalue weighted by atomic mass is 10.1. The number of benzene rings is 1. The third-order valence-electron chi connectivity index (χ3n) is 5.52. The summed E-state index contributed by atoms with van der Waals surface area (Å²) in [6, 6.07) is 8.02. The zero-order valence-electron chi connectivity index (χ0n) is 18.3. The molecule has 5 rings (SSSR count). The van der Waals surface area contributed by atoms with Crippen molar-refractivity contribution >= 4 is 33.1 Å². The molecule has 4 atom stereocenters. The number of rotatable bonds is 6. The molecule has 180 valence electrons. The van der Waals surface area contributed by atoms with Crippen molar-refractivity contribution in [3.05, 3.63) is 48.5 Å². The molecule has 2 aromatic heterocycles. The fourth-order valence-corrected chi connectivity index (χ4v) is 4.92. The van der Waals surface area contributed by atoms with Crippen molar-refractivity contribution in [3.8, 4) is 0 Å². The summed E-state index contributed by atoms with van der Waals surface area (Å²) in [6.45, 7) is 3.35. The molecule has 4 heterocycles. The quantitative estimate of drug-likeness (QED) is 0.431. The molecule has 0 radical (unpaired) electrons. The van der Waals surface area contributed by atoms with Gasteiger partial charge in [0.2, 0.25) is 0 Å². The van der Waals surface area contributed by atoms with E-state index in [1.807, 2.05) is 4.72 Å². The Morgan fingerprint density at radius 3 is 2.65 bits per heavy atom. The van der Waals surface area contributed by atoms with Crippen LogP contribution in [0.1, 0.15) is 30.4 Å². The largest absolute Gasteiger partial charge is 0.382 e. The van der Waals surface area contributed by atoms with E-state index in [1.54, 1.807) is 36.6 Å². The predicted octanol–water partition coefficient (Wildman–Crippen LogP) is 0.0904. The molecule has 0 aliphatic carbocycles. The van der Waals surface area contributed by atoms with Crippen LogP contribution >= 0.6 is 0 Å². The molecule has 2 aliphatic rings. The van der Waals surface area contributed by atoms with E-state index in [2.05, 4.69) is 19.7 Å². The van der Waals surface area contributed by atoms with Gasteiger partial charge in [0.15, 0.2) is 23.5 Å². The van der Waals surface area contributed by atoms with Gasteiger partial charge in [0.1, 0.15) is 30.2 Å². The Kier molecular flexibility index (Phi) is 5.49. The first-order valence-electron chi connectivity index (χ1n) is 10.4. The average molecular weight is 490 g/mol. The number of nitrogens with one attached hydrogen (secondary N) is 2. The Bertz CT molecular complexity index is 1330. The van der Waals surface area contributed by atoms with Crippen molar-refractivity contribution in [2.45, 2.75) is 44.2 Å². The number of nitrogens with zero attached hydrogens (tertiary/aromatic N) is 4.